The molecule has 1 aromatic heterocycles. The van der Waals surface area contributed by atoms with Crippen LogP contribution in [0.3, 0.4) is 0 Å². The highest BCUT2D eigenvalue weighted by Gasteiger charge is 2.27. The summed E-state index contributed by atoms with van der Waals surface area (Å²) in [6.07, 6.45) is 4.30. The van der Waals surface area contributed by atoms with Gasteiger partial charge in [-0.1, -0.05) is 48.9 Å². The first kappa shape index (κ1) is 25.1. The molecule has 1 aliphatic carbocycles. The maximum atomic E-state index is 13.2. The molecule has 7 nitrogen and oxygen atoms in total. The molecule has 7 heteroatoms. The predicted molar refractivity (Wildman–Crippen MR) is 158 cm³/mol. The molecule has 3 heterocycles. The minimum atomic E-state index is -0.0499. The lowest BCUT2D eigenvalue weighted by Crippen LogP contribution is -2.36. The smallest absolute Gasteiger partial charge is 0.238 e. The lowest BCUT2D eigenvalue weighted by Gasteiger charge is -2.27. The van der Waals surface area contributed by atoms with Crippen LogP contribution in [0.2, 0.25) is 0 Å². The third-order valence-corrected chi connectivity index (χ3v) is 8.41. The molecular weight excluding hydrogens is 502 g/mol. The Bertz CT molecular complexity index is 1650. The van der Waals surface area contributed by atoms with Gasteiger partial charge in [-0.2, -0.15) is 0 Å². The standard InChI is InChI=1S/C33H33N3O4/c37-29-20-31(36-15-17-39-18-16-36)40-33-25(9-6-10-26(29)33)24-11-12-28(34-30(38)21-35-13-4-1-5-14-35)32-23-8-3-2-7-22(23)19-27(24)32/h2-3,6-12,20H,1,4-5,13-19,21H2,(H,34,38). The highest BCUT2D eigenvalue weighted by Crippen LogP contribution is 2.47. The van der Waals surface area contributed by atoms with Crippen molar-refractivity contribution < 1.29 is 13.9 Å². The molecule has 0 saturated carbocycles. The normalized spacial score (nSPS) is 17.1. The topological polar surface area (TPSA) is 75.0 Å². The Morgan fingerprint density at radius 1 is 0.850 bits per heavy atom. The molecule has 0 bridgehead atoms. The van der Waals surface area contributed by atoms with Gasteiger partial charge >= 0.3 is 0 Å². The molecule has 7 rings (SSSR count). The lowest BCUT2D eigenvalue weighted by molar-refractivity contribution is -0.117. The molecule has 0 radical (unpaired) electrons. The van der Waals surface area contributed by atoms with E-state index in [0.717, 1.165) is 65.9 Å². The van der Waals surface area contributed by atoms with E-state index in [2.05, 4.69) is 39.4 Å². The minimum absolute atomic E-state index is 0.0209. The Labute approximate surface area is 233 Å². The van der Waals surface area contributed by atoms with Gasteiger partial charge < -0.3 is 19.4 Å². The van der Waals surface area contributed by atoms with Gasteiger partial charge in [0.25, 0.3) is 0 Å². The second-order valence-corrected chi connectivity index (χ2v) is 11.0. The molecule has 3 aliphatic rings. The fourth-order valence-electron chi connectivity index (χ4n) is 6.43. The van der Waals surface area contributed by atoms with Crippen molar-refractivity contribution in [2.75, 3.05) is 56.2 Å². The third kappa shape index (κ3) is 4.59. The van der Waals surface area contributed by atoms with E-state index in [1.54, 1.807) is 6.07 Å². The van der Waals surface area contributed by atoms with Gasteiger partial charge in [-0.25, -0.2) is 0 Å². The van der Waals surface area contributed by atoms with Gasteiger partial charge in [0.15, 0.2) is 11.3 Å². The first-order valence-corrected chi connectivity index (χ1v) is 14.3. The van der Waals surface area contributed by atoms with Crippen LogP contribution in [0.4, 0.5) is 11.6 Å². The number of piperidine rings is 1. The molecule has 1 N–H and O–H groups in total. The van der Waals surface area contributed by atoms with Gasteiger partial charge in [0.1, 0.15) is 5.58 Å². The zero-order chi connectivity index (χ0) is 27.1. The highest BCUT2D eigenvalue weighted by atomic mass is 16.5. The molecule has 40 heavy (non-hydrogen) atoms. The minimum Gasteiger partial charge on any atom is -0.440 e. The Morgan fingerprint density at radius 3 is 2.50 bits per heavy atom. The zero-order valence-corrected chi connectivity index (χ0v) is 22.6. The number of ether oxygens (including phenoxy) is 1. The Morgan fingerprint density at radius 2 is 1.65 bits per heavy atom. The third-order valence-electron chi connectivity index (χ3n) is 8.41. The second kappa shape index (κ2) is 10.6. The van der Waals surface area contributed by atoms with E-state index >= 15 is 0 Å². The molecule has 3 aromatic carbocycles. The van der Waals surface area contributed by atoms with Crippen molar-refractivity contribution >= 4 is 28.4 Å². The van der Waals surface area contributed by atoms with Crippen molar-refractivity contribution in [1.82, 2.24) is 4.90 Å². The van der Waals surface area contributed by atoms with E-state index in [1.807, 2.05) is 30.3 Å². The fourth-order valence-corrected chi connectivity index (χ4v) is 6.43. The summed E-state index contributed by atoms with van der Waals surface area (Å²) in [4.78, 5) is 30.7. The summed E-state index contributed by atoms with van der Waals surface area (Å²) >= 11 is 0. The number of para-hydroxylation sites is 1. The first-order chi connectivity index (χ1) is 19.7. The number of anilines is 2. The van der Waals surface area contributed by atoms with Crippen LogP contribution in [0.25, 0.3) is 33.2 Å². The van der Waals surface area contributed by atoms with Crippen molar-refractivity contribution in [3.8, 4) is 22.3 Å². The van der Waals surface area contributed by atoms with Gasteiger partial charge in [0.2, 0.25) is 5.91 Å². The molecule has 0 atom stereocenters. The van der Waals surface area contributed by atoms with Gasteiger partial charge in [0, 0.05) is 36.0 Å². The van der Waals surface area contributed by atoms with Crippen LogP contribution in [0.1, 0.15) is 30.4 Å². The zero-order valence-electron chi connectivity index (χ0n) is 22.6. The van der Waals surface area contributed by atoms with Crippen LogP contribution in [0, 0.1) is 0 Å². The summed E-state index contributed by atoms with van der Waals surface area (Å²) in [5.41, 5.74) is 7.86. The second-order valence-electron chi connectivity index (χ2n) is 11.0. The number of morpholine rings is 1. The number of hydrogen-bond donors (Lipinski definition) is 1. The molecular formula is C33H33N3O4. The number of nitrogens with zero attached hydrogens (tertiary/aromatic N) is 2. The summed E-state index contributed by atoms with van der Waals surface area (Å²) in [7, 11) is 0. The molecule has 4 aromatic rings. The van der Waals surface area contributed by atoms with E-state index in [0.29, 0.717) is 49.7 Å². The number of fused-ring (bicyclic) bond motifs is 4. The Balaban J connectivity index is 1.32. The molecule has 204 valence electrons. The van der Waals surface area contributed by atoms with Gasteiger partial charge in [-0.05, 0) is 66.7 Å². The molecule has 1 amide bonds. The largest absolute Gasteiger partial charge is 0.440 e. The monoisotopic (exact) mass is 535 g/mol. The lowest BCUT2D eigenvalue weighted by atomic mass is 9.93. The van der Waals surface area contributed by atoms with Crippen molar-refractivity contribution in [2.45, 2.75) is 25.7 Å². The van der Waals surface area contributed by atoms with E-state index in [-0.39, 0.29) is 11.3 Å². The molecule has 2 fully saturated rings. The van der Waals surface area contributed by atoms with Crippen LogP contribution in [-0.4, -0.2) is 56.7 Å². The quantitative estimate of drug-likeness (QED) is 0.330. The SMILES string of the molecule is O=C(CN1CCCCC1)Nc1ccc(-c2cccc3c(=O)cc(N4CCOCC4)oc23)c2c1-c1ccccc1C2. The summed E-state index contributed by atoms with van der Waals surface area (Å²) < 4.78 is 12.0. The Hall–Kier alpha value is -3.94. The van der Waals surface area contributed by atoms with Crippen molar-refractivity contribution in [3.05, 3.63) is 82.0 Å². The van der Waals surface area contributed by atoms with E-state index in [1.165, 1.54) is 12.0 Å². The van der Waals surface area contributed by atoms with E-state index < -0.39 is 0 Å². The van der Waals surface area contributed by atoms with Crippen LogP contribution in [-0.2, 0) is 16.0 Å². The first-order valence-electron chi connectivity index (χ1n) is 14.3. The number of rotatable bonds is 5. The maximum Gasteiger partial charge on any atom is 0.238 e. The van der Waals surface area contributed by atoms with Crippen LogP contribution in [0.5, 0.6) is 0 Å². The number of nitrogens with one attached hydrogen (secondary N) is 1. The summed E-state index contributed by atoms with van der Waals surface area (Å²) in [6.45, 7) is 4.97. The molecule has 0 unspecified atom stereocenters. The maximum absolute atomic E-state index is 13.2. The van der Waals surface area contributed by atoms with Gasteiger partial charge in [0.05, 0.1) is 25.1 Å². The van der Waals surface area contributed by atoms with Gasteiger partial charge in [-0.3, -0.25) is 14.5 Å². The van der Waals surface area contributed by atoms with Crippen molar-refractivity contribution in [1.29, 1.82) is 0 Å². The highest BCUT2D eigenvalue weighted by molar-refractivity contribution is 6.03. The number of likely N-dealkylation sites (tertiary alicyclic amines) is 1. The average Bonchev–Trinajstić information content (AvgIpc) is 3.38. The van der Waals surface area contributed by atoms with Crippen molar-refractivity contribution in [2.24, 2.45) is 0 Å². The Kier molecular flexibility index (Phi) is 6.61. The molecule has 2 aliphatic heterocycles. The van der Waals surface area contributed by atoms with E-state index in [4.69, 9.17) is 9.15 Å². The summed E-state index contributed by atoms with van der Waals surface area (Å²) in [6, 6.07) is 19.8. The van der Waals surface area contributed by atoms with Crippen LogP contribution < -0.4 is 15.6 Å². The molecule has 0 spiro atoms. The number of amides is 1. The number of carbonyl (C=O) groups is 1. The number of benzene rings is 3. The predicted octanol–water partition coefficient (Wildman–Crippen LogP) is 5.29. The van der Waals surface area contributed by atoms with Crippen LogP contribution in [0.15, 0.2) is 69.9 Å². The number of hydrogen-bond acceptors (Lipinski definition) is 6. The summed E-state index contributed by atoms with van der Waals surface area (Å²) in [5.74, 6) is 0.599. The number of carbonyl (C=O) groups excluding carboxylic acids is 1. The summed E-state index contributed by atoms with van der Waals surface area (Å²) in [5, 5.41) is 3.80. The van der Waals surface area contributed by atoms with Crippen molar-refractivity contribution in [3.63, 3.8) is 0 Å². The molecule has 2 saturated heterocycles. The average molecular weight is 536 g/mol. The van der Waals surface area contributed by atoms with Crippen LogP contribution >= 0.6 is 0 Å². The fraction of sp³-hybridized carbons (Fsp3) is 0.333. The van der Waals surface area contributed by atoms with E-state index in [9.17, 15) is 9.59 Å². The van der Waals surface area contributed by atoms with Gasteiger partial charge in [-0.15, -0.1) is 0 Å².